The third-order valence-corrected chi connectivity index (χ3v) is 13.2. The maximum absolute atomic E-state index is 13.5. The third kappa shape index (κ3) is 11.8. The Kier molecular flexibility index (Phi) is 14.2. The van der Waals surface area contributed by atoms with Gasteiger partial charge < -0.3 is 19.3 Å². The van der Waals surface area contributed by atoms with Crippen molar-refractivity contribution in [1.82, 2.24) is 0 Å². The minimum atomic E-state index is -4.56. The summed E-state index contributed by atoms with van der Waals surface area (Å²) in [6.45, 7) is 4.85. The molecule has 2 aromatic carbocycles. The van der Waals surface area contributed by atoms with E-state index < -0.39 is 92.9 Å². The largest absolute Gasteiger partial charge is 0.748 e. The second-order valence-corrected chi connectivity index (χ2v) is 21.0. The average Bonchev–Trinajstić information content (AvgIpc) is 3.44. The first-order valence-electron chi connectivity index (χ1n) is 17.9. The highest BCUT2D eigenvalue weighted by molar-refractivity contribution is 7.86. The number of esters is 1. The van der Waals surface area contributed by atoms with Crippen LogP contribution >= 0.6 is 0 Å². The highest BCUT2D eigenvalue weighted by atomic mass is 32.2. The van der Waals surface area contributed by atoms with Crippen LogP contribution in [-0.2, 0) is 56.0 Å². The normalized spacial score (nSPS) is 18.9. The molecule has 0 bridgehead atoms. The molecule has 0 spiro atoms. The lowest BCUT2D eigenvalue weighted by molar-refractivity contribution is -0.437. The van der Waals surface area contributed by atoms with Gasteiger partial charge in [0.25, 0.3) is 30.4 Å². The Bertz CT molecular complexity index is 2490. The van der Waals surface area contributed by atoms with Crippen LogP contribution in [0.1, 0.15) is 84.7 Å². The van der Waals surface area contributed by atoms with E-state index >= 15 is 0 Å². The van der Waals surface area contributed by atoms with Crippen LogP contribution in [0.15, 0.2) is 60.3 Å². The Hall–Kier alpha value is -4.03. The summed E-state index contributed by atoms with van der Waals surface area (Å²) in [5, 5.41) is 10.0. The second-order valence-electron chi connectivity index (χ2n) is 14.7. The number of hydrogen-bond donors (Lipinski definition) is 4. The summed E-state index contributed by atoms with van der Waals surface area (Å²) < 4.78 is 139. The molecule has 4 N–H and O–H groups in total. The van der Waals surface area contributed by atoms with Gasteiger partial charge in [-0.25, -0.2) is 18.0 Å². The van der Waals surface area contributed by atoms with Crippen LogP contribution in [0.4, 0.5) is 11.4 Å². The van der Waals surface area contributed by atoms with Crippen molar-refractivity contribution in [2.75, 3.05) is 47.6 Å². The molecular formula is C36H46N2O16S4. The number of fused-ring (bicyclic) bond motifs is 2. The van der Waals surface area contributed by atoms with E-state index in [1.165, 1.54) is 6.07 Å². The molecular weight excluding hydrogens is 845 g/mol. The molecule has 2 heterocycles. The number of ether oxygens (including phenoxy) is 1. The Labute approximate surface area is 337 Å². The number of para-hydroxylation sites is 1. The van der Waals surface area contributed by atoms with Crippen molar-refractivity contribution in [3.8, 4) is 0 Å². The lowest BCUT2D eigenvalue weighted by Crippen LogP contribution is -2.31. The molecule has 18 nitrogen and oxygen atoms in total. The van der Waals surface area contributed by atoms with E-state index in [0.717, 1.165) is 11.6 Å². The molecule has 0 saturated carbocycles. The van der Waals surface area contributed by atoms with Gasteiger partial charge in [0, 0.05) is 47.7 Å². The number of nitrogens with zero attached hydrogens (tertiary/aromatic N) is 2. The van der Waals surface area contributed by atoms with Gasteiger partial charge in [-0.05, 0) is 70.2 Å². The fourth-order valence-electron chi connectivity index (χ4n) is 7.56. The van der Waals surface area contributed by atoms with Crippen molar-refractivity contribution in [1.29, 1.82) is 0 Å². The number of benzene rings is 2. The zero-order valence-corrected chi connectivity index (χ0v) is 35.2. The van der Waals surface area contributed by atoms with E-state index in [0.29, 0.717) is 22.7 Å². The van der Waals surface area contributed by atoms with Gasteiger partial charge in [-0.15, -0.1) is 0 Å². The molecule has 58 heavy (non-hydrogen) atoms. The molecule has 1 atom stereocenters. The molecule has 2 aromatic rings. The highest BCUT2D eigenvalue weighted by Gasteiger charge is 2.48. The molecule has 2 aliphatic rings. The first-order chi connectivity index (χ1) is 26.6. The first kappa shape index (κ1) is 46.7. The second kappa shape index (κ2) is 17.7. The van der Waals surface area contributed by atoms with E-state index in [4.69, 9.17) is 9.29 Å². The van der Waals surface area contributed by atoms with E-state index in [1.807, 2.05) is 17.9 Å². The van der Waals surface area contributed by atoms with Gasteiger partial charge in [-0.2, -0.15) is 29.8 Å². The maximum atomic E-state index is 13.5. The van der Waals surface area contributed by atoms with Crippen LogP contribution in [-0.4, -0.2) is 122 Å². The van der Waals surface area contributed by atoms with E-state index in [1.54, 1.807) is 54.9 Å². The molecule has 0 radical (unpaired) electrons. The molecule has 0 saturated heterocycles. The standard InChI is InChI=1S/C36H46N2O16S4/c1-35(2)30(13-6-14-31-36(3,15-7-19-55(42,43)44)27-11-4-5-12-28(27)37(31)16-8-20-56(45,46)47)38(17-9-21-57(48,49)50)29-24-25(33(39)40)23-26(32(29)35)34(41)54-18-10-22-58(51,52)53/h4-6,11-14,23-24H,7-10,15-22H2,1-3H3,(H4-,39,40,42,43,44,45,46,47,48,49,50,51,52,53). The van der Waals surface area contributed by atoms with E-state index in [-0.39, 0.29) is 62.0 Å². The van der Waals surface area contributed by atoms with Crippen molar-refractivity contribution in [2.45, 2.75) is 63.7 Å². The summed E-state index contributed by atoms with van der Waals surface area (Å²) in [5.74, 6) is -4.94. The lowest BCUT2D eigenvalue weighted by atomic mass is 9.77. The van der Waals surface area contributed by atoms with Gasteiger partial charge in [0.2, 0.25) is 5.69 Å². The Morgan fingerprint density at radius 2 is 1.45 bits per heavy atom. The molecule has 1 unspecified atom stereocenters. The number of carboxylic acid groups (broad SMARTS) is 1. The Morgan fingerprint density at radius 3 is 2.05 bits per heavy atom. The number of carboxylic acids is 1. The molecule has 2 aliphatic heterocycles. The number of aromatic carboxylic acids is 1. The minimum absolute atomic E-state index is 0.0371. The van der Waals surface area contributed by atoms with E-state index in [2.05, 4.69) is 0 Å². The number of carbonyl (C=O) groups is 2. The number of rotatable bonds is 20. The van der Waals surface area contributed by atoms with Crippen molar-refractivity contribution < 1.29 is 75.9 Å². The van der Waals surface area contributed by atoms with Crippen LogP contribution in [0.5, 0.6) is 0 Å². The fourth-order valence-corrected chi connectivity index (χ4v) is 9.53. The van der Waals surface area contributed by atoms with Crippen molar-refractivity contribution in [3.05, 3.63) is 82.6 Å². The number of allylic oxidation sites excluding steroid dienone is 4. The number of carbonyl (C=O) groups excluding carboxylic acids is 1. The summed E-state index contributed by atoms with van der Waals surface area (Å²) in [6, 6.07) is 9.56. The Balaban J connectivity index is 1.88. The summed E-state index contributed by atoms with van der Waals surface area (Å²) in [5.41, 5.74) is 0.417. The van der Waals surface area contributed by atoms with Gasteiger partial charge in [0.15, 0.2) is 5.71 Å². The van der Waals surface area contributed by atoms with Crippen LogP contribution in [0, 0.1) is 0 Å². The van der Waals surface area contributed by atoms with Gasteiger partial charge in [-0.1, -0.05) is 24.3 Å². The first-order valence-corrected chi connectivity index (χ1v) is 24.3. The van der Waals surface area contributed by atoms with Gasteiger partial charge in [0.05, 0.1) is 56.1 Å². The van der Waals surface area contributed by atoms with Crippen molar-refractivity contribution >= 4 is 69.5 Å². The van der Waals surface area contributed by atoms with Gasteiger partial charge in [-0.3, -0.25) is 13.7 Å². The van der Waals surface area contributed by atoms with E-state index in [9.17, 15) is 62.0 Å². The topological polar surface area (TPSA) is 290 Å². The molecule has 0 amide bonds. The minimum Gasteiger partial charge on any atom is -0.748 e. The lowest BCUT2D eigenvalue weighted by Gasteiger charge is -2.30. The average molecular weight is 891 g/mol. The summed E-state index contributed by atoms with van der Waals surface area (Å²) in [7, 11) is -17.7. The molecule has 22 heteroatoms. The summed E-state index contributed by atoms with van der Waals surface area (Å²) >= 11 is 0. The van der Waals surface area contributed by atoms with Crippen LogP contribution in [0.2, 0.25) is 0 Å². The zero-order valence-electron chi connectivity index (χ0n) is 31.9. The molecule has 4 rings (SSSR count). The molecule has 0 aromatic heterocycles. The van der Waals surface area contributed by atoms with Crippen molar-refractivity contribution in [2.24, 2.45) is 0 Å². The highest BCUT2D eigenvalue weighted by Crippen LogP contribution is 2.51. The van der Waals surface area contributed by atoms with Crippen LogP contribution in [0.3, 0.4) is 0 Å². The summed E-state index contributed by atoms with van der Waals surface area (Å²) in [6.07, 6.45) is 4.77. The fraction of sp³-hybridized carbons (Fsp3) is 0.472. The molecule has 320 valence electrons. The van der Waals surface area contributed by atoms with Crippen LogP contribution in [0.25, 0.3) is 0 Å². The molecule has 0 fully saturated rings. The van der Waals surface area contributed by atoms with Crippen molar-refractivity contribution in [3.63, 3.8) is 0 Å². The number of anilines is 1. The number of hydrogen-bond acceptors (Lipinski definition) is 13. The predicted molar refractivity (Wildman–Crippen MR) is 212 cm³/mol. The quantitative estimate of drug-likeness (QED) is 0.0642. The maximum Gasteiger partial charge on any atom is 0.338 e. The monoisotopic (exact) mass is 890 g/mol. The van der Waals surface area contributed by atoms with Gasteiger partial charge in [0.1, 0.15) is 6.54 Å². The smallest absolute Gasteiger partial charge is 0.338 e. The third-order valence-electron chi connectivity index (χ3n) is 10.0. The Morgan fingerprint density at radius 1 is 0.845 bits per heavy atom. The summed E-state index contributed by atoms with van der Waals surface area (Å²) in [4.78, 5) is 27.7. The van der Waals surface area contributed by atoms with Crippen LogP contribution < -0.4 is 4.90 Å². The SMILES string of the molecule is CC1(C)C(C=CC=C2N(CCCS(=O)(=O)[O-])c3ccccc3C2(C)CCCS(=O)(=O)O)=[N+](CCCS(=O)(=O)O)c2cc(C(=O)O)cc(C(=O)OCCCS(=O)(=O)O)c21. The predicted octanol–water partition coefficient (Wildman–Crippen LogP) is 3.29. The van der Waals surface area contributed by atoms with Gasteiger partial charge >= 0.3 is 11.9 Å². The zero-order chi connectivity index (χ0) is 43.5. The molecule has 0 aliphatic carbocycles.